The Labute approximate surface area is 244 Å². The minimum atomic E-state index is -4.12. The van der Waals surface area contributed by atoms with Crippen LogP contribution < -0.4 is 0 Å². The van der Waals surface area contributed by atoms with Gasteiger partial charge < -0.3 is 0 Å². The molecule has 1 aliphatic heterocycles. The molecule has 0 saturated heterocycles. The van der Waals surface area contributed by atoms with E-state index in [0.29, 0.717) is 18.7 Å². The van der Waals surface area contributed by atoms with Gasteiger partial charge in [0, 0.05) is 39.0 Å². The number of hydrogen-bond donors (Lipinski definition) is 0. The van der Waals surface area contributed by atoms with Gasteiger partial charge in [0.05, 0.1) is 5.75 Å². The standard InChI is InChI=1S/C33H36N2O4S2/c1-40(36,37)22-21-33(27-34(23-28-13-5-2-6-14-28)26-31-19-11-12-20-32(31)33)41(38,39)35(24-29-15-7-3-8-16-29)25-30-17-9-4-10-18-30/h2-20H,21-27H2,1H3. The third-order valence-electron chi connectivity index (χ3n) is 7.74. The van der Waals surface area contributed by atoms with Crippen LogP contribution in [0.2, 0.25) is 0 Å². The molecule has 1 aliphatic rings. The minimum absolute atomic E-state index is 0.0312. The van der Waals surface area contributed by atoms with E-state index in [-0.39, 0.29) is 31.8 Å². The summed E-state index contributed by atoms with van der Waals surface area (Å²) in [4.78, 5) is 2.14. The Kier molecular flexibility index (Phi) is 8.75. The molecule has 8 heteroatoms. The Bertz CT molecular complexity index is 1620. The molecule has 0 spiro atoms. The highest BCUT2D eigenvalue weighted by Gasteiger charge is 2.52. The molecule has 1 heterocycles. The lowest BCUT2D eigenvalue weighted by Crippen LogP contribution is -2.55. The summed E-state index contributed by atoms with van der Waals surface area (Å²) in [5.41, 5.74) is 4.42. The maximum absolute atomic E-state index is 15.2. The molecule has 5 rings (SSSR count). The van der Waals surface area contributed by atoms with E-state index in [1.807, 2.05) is 115 Å². The van der Waals surface area contributed by atoms with E-state index in [1.54, 1.807) is 4.31 Å². The monoisotopic (exact) mass is 588 g/mol. The normalized spacial score (nSPS) is 17.8. The van der Waals surface area contributed by atoms with Gasteiger partial charge in [-0.3, -0.25) is 4.90 Å². The van der Waals surface area contributed by atoms with Crippen molar-refractivity contribution in [1.82, 2.24) is 9.21 Å². The van der Waals surface area contributed by atoms with Crippen molar-refractivity contribution in [2.24, 2.45) is 0 Å². The molecule has 0 saturated carbocycles. The fraction of sp³-hybridized carbons (Fsp3) is 0.273. The number of nitrogens with zero attached hydrogens (tertiary/aromatic N) is 2. The van der Waals surface area contributed by atoms with Crippen molar-refractivity contribution >= 4 is 19.9 Å². The summed E-state index contributed by atoms with van der Waals surface area (Å²) in [6.45, 7) is 1.69. The van der Waals surface area contributed by atoms with Gasteiger partial charge >= 0.3 is 0 Å². The first-order valence-electron chi connectivity index (χ1n) is 13.8. The summed E-state index contributed by atoms with van der Waals surface area (Å²) < 4.78 is 55.6. The van der Waals surface area contributed by atoms with Crippen LogP contribution >= 0.6 is 0 Å². The molecule has 0 N–H and O–H groups in total. The molecule has 0 amide bonds. The van der Waals surface area contributed by atoms with Crippen LogP contribution in [0.5, 0.6) is 0 Å². The van der Waals surface area contributed by atoms with Crippen molar-refractivity contribution in [3.8, 4) is 0 Å². The molecule has 0 fully saturated rings. The van der Waals surface area contributed by atoms with E-state index in [1.165, 1.54) is 6.26 Å². The van der Waals surface area contributed by atoms with Crippen LogP contribution in [0.15, 0.2) is 115 Å². The molecule has 6 nitrogen and oxygen atoms in total. The Balaban J connectivity index is 1.65. The number of rotatable bonds is 11. The largest absolute Gasteiger partial charge is 0.293 e. The average Bonchev–Trinajstić information content (AvgIpc) is 2.97. The third-order valence-corrected chi connectivity index (χ3v) is 11.2. The van der Waals surface area contributed by atoms with Crippen molar-refractivity contribution in [3.05, 3.63) is 143 Å². The van der Waals surface area contributed by atoms with Crippen molar-refractivity contribution in [2.45, 2.75) is 37.3 Å². The van der Waals surface area contributed by atoms with Gasteiger partial charge in [0.2, 0.25) is 10.0 Å². The molecule has 4 aromatic carbocycles. The van der Waals surface area contributed by atoms with Crippen LogP contribution in [0.3, 0.4) is 0 Å². The van der Waals surface area contributed by atoms with Gasteiger partial charge in [-0.05, 0) is 34.2 Å². The second-order valence-corrected chi connectivity index (χ2v) is 15.4. The molecular weight excluding hydrogens is 553 g/mol. The third kappa shape index (κ3) is 6.79. The topological polar surface area (TPSA) is 74.8 Å². The van der Waals surface area contributed by atoms with Crippen LogP contribution in [0.4, 0.5) is 0 Å². The first-order valence-corrected chi connectivity index (χ1v) is 17.3. The first-order chi connectivity index (χ1) is 19.7. The summed E-state index contributed by atoms with van der Waals surface area (Å²) in [6.07, 6.45) is 1.14. The summed E-state index contributed by atoms with van der Waals surface area (Å²) in [6, 6.07) is 36.7. The minimum Gasteiger partial charge on any atom is -0.293 e. The SMILES string of the molecule is CS(=O)(=O)CCC1(S(=O)(=O)N(Cc2ccccc2)Cc2ccccc2)CN(Cc2ccccc2)Cc2ccccc21. The molecular formula is C33H36N2O4S2. The van der Waals surface area contributed by atoms with E-state index in [9.17, 15) is 8.42 Å². The average molecular weight is 589 g/mol. The predicted molar refractivity (Wildman–Crippen MR) is 164 cm³/mol. The molecule has 0 aliphatic carbocycles. The molecule has 1 atom stereocenters. The van der Waals surface area contributed by atoms with Crippen molar-refractivity contribution in [2.75, 3.05) is 18.6 Å². The number of hydrogen-bond acceptors (Lipinski definition) is 5. The summed E-state index contributed by atoms with van der Waals surface area (Å²) in [7, 11) is -7.56. The Morgan fingerprint density at radius 3 is 1.71 bits per heavy atom. The van der Waals surface area contributed by atoms with Gasteiger partial charge in [-0.2, -0.15) is 4.31 Å². The van der Waals surface area contributed by atoms with Crippen LogP contribution in [0, 0.1) is 0 Å². The van der Waals surface area contributed by atoms with Crippen molar-refractivity contribution in [3.63, 3.8) is 0 Å². The zero-order valence-electron chi connectivity index (χ0n) is 23.3. The van der Waals surface area contributed by atoms with E-state index in [4.69, 9.17) is 0 Å². The number of sulfonamides is 1. The van der Waals surface area contributed by atoms with Gasteiger partial charge in [0.15, 0.2) is 0 Å². The first kappa shape index (κ1) is 29.2. The summed E-state index contributed by atoms with van der Waals surface area (Å²) in [5.74, 6) is -0.232. The lowest BCUT2D eigenvalue weighted by atomic mass is 9.86. The van der Waals surface area contributed by atoms with E-state index in [2.05, 4.69) is 4.90 Å². The fourth-order valence-corrected chi connectivity index (χ4v) is 8.92. The van der Waals surface area contributed by atoms with Gasteiger partial charge in [0.1, 0.15) is 14.6 Å². The number of sulfone groups is 1. The quantitative estimate of drug-likeness (QED) is 0.236. The maximum atomic E-state index is 15.2. The summed E-state index contributed by atoms with van der Waals surface area (Å²) in [5, 5.41) is 0. The van der Waals surface area contributed by atoms with Crippen molar-refractivity contribution in [1.29, 1.82) is 0 Å². The number of fused-ring (bicyclic) bond motifs is 1. The lowest BCUT2D eigenvalue weighted by molar-refractivity contribution is 0.195. The molecule has 0 radical (unpaired) electrons. The Hall–Kier alpha value is -3.30. The van der Waals surface area contributed by atoms with Crippen LogP contribution in [-0.4, -0.2) is 44.6 Å². The Morgan fingerprint density at radius 1 is 0.683 bits per heavy atom. The molecule has 41 heavy (non-hydrogen) atoms. The van der Waals surface area contributed by atoms with Crippen LogP contribution in [0.25, 0.3) is 0 Å². The van der Waals surface area contributed by atoms with Crippen LogP contribution in [0.1, 0.15) is 34.2 Å². The van der Waals surface area contributed by atoms with Crippen molar-refractivity contribution < 1.29 is 16.8 Å². The Morgan fingerprint density at radius 2 is 1.17 bits per heavy atom. The zero-order chi connectivity index (χ0) is 28.9. The second kappa shape index (κ2) is 12.3. The molecule has 4 aromatic rings. The highest BCUT2D eigenvalue weighted by molar-refractivity contribution is 7.91. The predicted octanol–water partition coefficient (Wildman–Crippen LogP) is 5.36. The highest BCUT2D eigenvalue weighted by Crippen LogP contribution is 2.44. The zero-order valence-corrected chi connectivity index (χ0v) is 24.9. The van der Waals surface area contributed by atoms with Crippen LogP contribution in [-0.2, 0) is 50.8 Å². The smallest absolute Gasteiger partial charge is 0.225 e. The molecule has 0 bridgehead atoms. The number of benzene rings is 4. The maximum Gasteiger partial charge on any atom is 0.225 e. The van der Waals surface area contributed by atoms with Gasteiger partial charge in [-0.15, -0.1) is 0 Å². The van der Waals surface area contributed by atoms with Gasteiger partial charge in [0.25, 0.3) is 0 Å². The lowest BCUT2D eigenvalue weighted by Gasteiger charge is -2.46. The molecule has 1 unspecified atom stereocenters. The second-order valence-electron chi connectivity index (χ2n) is 10.9. The highest BCUT2D eigenvalue weighted by atomic mass is 32.2. The van der Waals surface area contributed by atoms with Gasteiger partial charge in [-0.25, -0.2) is 16.8 Å². The van der Waals surface area contributed by atoms with E-state index < -0.39 is 24.6 Å². The fourth-order valence-electron chi connectivity index (χ4n) is 5.76. The summed E-state index contributed by atoms with van der Waals surface area (Å²) >= 11 is 0. The van der Waals surface area contributed by atoms with E-state index in [0.717, 1.165) is 22.3 Å². The molecule has 214 valence electrons. The molecule has 0 aromatic heterocycles. The van der Waals surface area contributed by atoms with Gasteiger partial charge in [-0.1, -0.05) is 115 Å². The van der Waals surface area contributed by atoms with E-state index >= 15 is 8.42 Å².